The summed E-state index contributed by atoms with van der Waals surface area (Å²) in [6, 6.07) is 11.3. The first kappa shape index (κ1) is 17.6. The number of amides is 1. The summed E-state index contributed by atoms with van der Waals surface area (Å²) in [7, 11) is 1.78. The van der Waals surface area contributed by atoms with Crippen LogP contribution < -0.4 is 5.32 Å². The topological polar surface area (TPSA) is 97.1 Å². The number of carbonyl (C=O) groups is 2. The van der Waals surface area contributed by atoms with Gasteiger partial charge in [0.05, 0.1) is 28.3 Å². The molecule has 0 spiro atoms. The summed E-state index contributed by atoms with van der Waals surface area (Å²) >= 11 is 0. The van der Waals surface area contributed by atoms with Crippen molar-refractivity contribution >= 4 is 22.9 Å². The maximum atomic E-state index is 12.8. The lowest BCUT2D eigenvalue weighted by Gasteiger charge is -2.11. The predicted molar refractivity (Wildman–Crippen MR) is 97.8 cm³/mol. The van der Waals surface area contributed by atoms with Gasteiger partial charge < -0.3 is 10.4 Å². The van der Waals surface area contributed by atoms with Gasteiger partial charge in [-0.3, -0.25) is 14.3 Å². The molecule has 0 saturated carbocycles. The summed E-state index contributed by atoms with van der Waals surface area (Å²) < 4.78 is 1.65. The largest absolute Gasteiger partial charge is 0.481 e. The average Bonchev–Trinajstić information content (AvgIpc) is 2.93. The third-order valence-electron chi connectivity index (χ3n) is 4.27. The third kappa shape index (κ3) is 3.28. The molecule has 2 N–H and O–H groups in total. The summed E-state index contributed by atoms with van der Waals surface area (Å²) in [5.74, 6) is -1.95. The lowest BCUT2D eigenvalue weighted by atomic mass is 10.0. The number of carbonyl (C=O) groups excluding carboxylic acids is 1. The maximum absolute atomic E-state index is 12.8. The number of fused-ring (bicyclic) bond motifs is 1. The zero-order valence-corrected chi connectivity index (χ0v) is 14.9. The van der Waals surface area contributed by atoms with Gasteiger partial charge in [0.25, 0.3) is 5.91 Å². The smallest absolute Gasteiger partial charge is 0.308 e. The van der Waals surface area contributed by atoms with Gasteiger partial charge in [-0.15, -0.1) is 0 Å². The van der Waals surface area contributed by atoms with Gasteiger partial charge >= 0.3 is 5.97 Å². The highest BCUT2D eigenvalue weighted by Crippen LogP contribution is 2.26. The van der Waals surface area contributed by atoms with E-state index in [1.165, 1.54) is 0 Å². The standard InChI is InChI=1S/C19H20N4O3/c1-11(19(25)26)10-20-18(24)14-9-15(13-7-5-4-6-8-13)21-17-16(14)12(2)22-23(17)3/h4-9,11H,10H2,1-3H3,(H,20,24)(H,25,26). The van der Waals surface area contributed by atoms with Crippen molar-refractivity contribution in [2.45, 2.75) is 13.8 Å². The summed E-state index contributed by atoms with van der Waals surface area (Å²) in [4.78, 5) is 28.4. The number of aryl methyl sites for hydroxylation is 2. The highest BCUT2D eigenvalue weighted by atomic mass is 16.4. The van der Waals surface area contributed by atoms with Gasteiger partial charge in [0.15, 0.2) is 5.65 Å². The van der Waals surface area contributed by atoms with Crippen LogP contribution in [-0.4, -0.2) is 38.3 Å². The Morgan fingerprint density at radius 1 is 1.27 bits per heavy atom. The molecule has 0 saturated heterocycles. The van der Waals surface area contributed by atoms with Crippen LogP contribution in [0.1, 0.15) is 23.0 Å². The lowest BCUT2D eigenvalue weighted by molar-refractivity contribution is -0.140. The summed E-state index contributed by atoms with van der Waals surface area (Å²) in [5, 5.41) is 16.8. The third-order valence-corrected chi connectivity index (χ3v) is 4.27. The van der Waals surface area contributed by atoms with Crippen LogP contribution in [0.5, 0.6) is 0 Å². The molecule has 1 unspecified atom stereocenters. The van der Waals surface area contributed by atoms with E-state index in [-0.39, 0.29) is 12.5 Å². The number of hydrogen-bond acceptors (Lipinski definition) is 4. The molecule has 0 aliphatic rings. The van der Waals surface area contributed by atoms with E-state index in [9.17, 15) is 9.59 Å². The van der Waals surface area contributed by atoms with Gasteiger partial charge in [0, 0.05) is 19.2 Å². The zero-order chi connectivity index (χ0) is 18.8. The monoisotopic (exact) mass is 352 g/mol. The van der Waals surface area contributed by atoms with Gasteiger partial charge in [0.2, 0.25) is 0 Å². The van der Waals surface area contributed by atoms with Crippen molar-refractivity contribution < 1.29 is 14.7 Å². The number of aromatic nitrogens is 3. The Labute approximate surface area is 150 Å². The van der Waals surface area contributed by atoms with Crippen LogP contribution in [0.2, 0.25) is 0 Å². The lowest BCUT2D eigenvalue weighted by Crippen LogP contribution is -2.31. The van der Waals surface area contributed by atoms with Crippen molar-refractivity contribution in [2.75, 3.05) is 6.54 Å². The minimum atomic E-state index is -0.951. The number of benzene rings is 1. The van der Waals surface area contributed by atoms with Crippen molar-refractivity contribution in [3.05, 3.63) is 47.7 Å². The van der Waals surface area contributed by atoms with Crippen LogP contribution in [0.15, 0.2) is 36.4 Å². The van der Waals surface area contributed by atoms with Gasteiger partial charge in [0.1, 0.15) is 0 Å². The maximum Gasteiger partial charge on any atom is 0.308 e. The molecule has 0 radical (unpaired) electrons. The normalized spacial score (nSPS) is 12.1. The zero-order valence-electron chi connectivity index (χ0n) is 14.9. The number of nitrogens with zero attached hydrogens (tertiary/aromatic N) is 3. The number of hydrogen-bond donors (Lipinski definition) is 2. The number of aliphatic carboxylic acids is 1. The fraction of sp³-hybridized carbons (Fsp3) is 0.263. The van der Waals surface area contributed by atoms with E-state index in [0.717, 1.165) is 5.56 Å². The number of nitrogens with one attached hydrogen (secondary N) is 1. The molecule has 26 heavy (non-hydrogen) atoms. The summed E-state index contributed by atoms with van der Waals surface area (Å²) in [6.45, 7) is 3.43. The number of pyridine rings is 1. The second kappa shape index (κ2) is 6.95. The summed E-state index contributed by atoms with van der Waals surface area (Å²) in [6.07, 6.45) is 0. The molecule has 2 aromatic heterocycles. The quantitative estimate of drug-likeness (QED) is 0.735. The second-order valence-corrected chi connectivity index (χ2v) is 6.28. The van der Waals surface area contributed by atoms with Gasteiger partial charge in [-0.1, -0.05) is 37.3 Å². The first-order valence-electron chi connectivity index (χ1n) is 8.29. The van der Waals surface area contributed by atoms with Crippen molar-refractivity contribution in [2.24, 2.45) is 13.0 Å². The molecular weight excluding hydrogens is 332 g/mol. The van der Waals surface area contributed by atoms with E-state index < -0.39 is 11.9 Å². The molecule has 7 nitrogen and oxygen atoms in total. The molecule has 0 fully saturated rings. The Bertz CT molecular complexity index is 979. The number of rotatable bonds is 5. The van der Waals surface area contributed by atoms with E-state index in [0.29, 0.717) is 28.0 Å². The van der Waals surface area contributed by atoms with Crippen molar-refractivity contribution in [3.8, 4) is 11.3 Å². The molecular formula is C19H20N4O3. The van der Waals surface area contributed by atoms with E-state index in [1.54, 1.807) is 24.7 Å². The summed E-state index contributed by atoms with van der Waals surface area (Å²) in [5.41, 5.74) is 3.31. The highest BCUT2D eigenvalue weighted by molar-refractivity contribution is 6.07. The molecule has 7 heteroatoms. The van der Waals surface area contributed by atoms with Gasteiger partial charge in [-0.25, -0.2) is 4.98 Å². The average molecular weight is 352 g/mol. The van der Waals surface area contributed by atoms with Crippen LogP contribution in [0.3, 0.4) is 0 Å². The molecule has 1 amide bonds. The van der Waals surface area contributed by atoms with Gasteiger partial charge in [-0.2, -0.15) is 5.10 Å². The molecule has 3 aromatic rings. The Kier molecular flexibility index (Phi) is 4.71. The Hall–Kier alpha value is -3.22. The Balaban J connectivity index is 2.07. The van der Waals surface area contributed by atoms with E-state index in [2.05, 4.69) is 15.4 Å². The molecule has 134 valence electrons. The Morgan fingerprint density at radius 2 is 1.96 bits per heavy atom. The number of carboxylic acids is 1. The molecule has 1 aromatic carbocycles. The number of carboxylic acid groups (broad SMARTS) is 1. The molecule has 0 bridgehead atoms. The fourth-order valence-corrected chi connectivity index (χ4v) is 2.81. The van der Waals surface area contributed by atoms with Crippen molar-refractivity contribution in [3.63, 3.8) is 0 Å². The fourth-order valence-electron chi connectivity index (χ4n) is 2.81. The van der Waals surface area contributed by atoms with Crippen LogP contribution in [0, 0.1) is 12.8 Å². The van der Waals surface area contributed by atoms with E-state index in [1.807, 2.05) is 37.3 Å². The van der Waals surface area contributed by atoms with Crippen molar-refractivity contribution in [1.82, 2.24) is 20.1 Å². The predicted octanol–water partition coefficient (Wildman–Crippen LogP) is 2.39. The van der Waals surface area contributed by atoms with Crippen LogP contribution >= 0.6 is 0 Å². The van der Waals surface area contributed by atoms with Crippen LogP contribution in [0.25, 0.3) is 22.3 Å². The van der Waals surface area contributed by atoms with Crippen molar-refractivity contribution in [1.29, 1.82) is 0 Å². The molecule has 0 aliphatic heterocycles. The first-order valence-corrected chi connectivity index (χ1v) is 8.29. The SMILES string of the molecule is Cc1nn(C)c2nc(-c3ccccc3)cc(C(=O)NCC(C)C(=O)O)c12. The van der Waals surface area contributed by atoms with E-state index >= 15 is 0 Å². The second-order valence-electron chi connectivity index (χ2n) is 6.28. The van der Waals surface area contributed by atoms with E-state index in [4.69, 9.17) is 5.11 Å². The highest BCUT2D eigenvalue weighted by Gasteiger charge is 2.20. The molecule has 0 aliphatic carbocycles. The molecule has 1 atom stereocenters. The van der Waals surface area contributed by atoms with Crippen LogP contribution in [-0.2, 0) is 11.8 Å². The van der Waals surface area contributed by atoms with Gasteiger partial charge in [-0.05, 0) is 13.0 Å². The molecule has 3 rings (SSSR count). The molecule has 2 heterocycles. The minimum absolute atomic E-state index is 0.0535. The van der Waals surface area contributed by atoms with Crippen LogP contribution in [0.4, 0.5) is 0 Å². The first-order chi connectivity index (χ1) is 12.4. The minimum Gasteiger partial charge on any atom is -0.481 e. The Morgan fingerprint density at radius 3 is 2.62 bits per heavy atom.